The molecule has 0 aromatic heterocycles. The lowest BCUT2D eigenvalue weighted by Gasteiger charge is -2.25. The van der Waals surface area contributed by atoms with Crippen LogP contribution < -0.4 is 4.90 Å². The third kappa shape index (κ3) is 6.66. The van der Waals surface area contributed by atoms with Crippen molar-refractivity contribution >= 4 is 46.7 Å². The number of allylic oxidation sites excluding steroid dienone is 1. The van der Waals surface area contributed by atoms with E-state index in [2.05, 4.69) is 91.1 Å². The van der Waals surface area contributed by atoms with Gasteiger partial charge in [-0.3, -0.25) is 0 Å². The third-order valence-corrected chi connectivity index (χ3v) is 8.00. The lowest BCUT2D eigenvalue weighted by molar-refractivity contribution is -0.401. The fraction of sp³-hybridized carbons (Fsp3) is 0.444. The molecule has 3 rings (SSSR count). The van der Waals surface area contributed by atoms with E-state index < -0.39 is 0 Å². The van der Waals surface area contributed by atoms with Crippen LogP contribution in [0.4, 0.5) is 11.4 Å². The van der Waals surface area contributed by atoms with Crippen molar-refractivity contribution in [1.29, 1.82) is 0 Å². The van der Waals surface area contributed by atoms with Gasteiger partial charge in [-0.1, -0.05) is 30.3 Å². The monoisotopic (exact) mass is 485 g/mol. The van der Waals surface area contributed by atoms with Gasteiger partial charge in [0, 0.05) is 59.5 Å². The molecule has 0 fully saturated rings. The number of para-hydroxylation sites is 1. The van der Waals surface area contributed by atoms with Gasteiger partial charge in [0.25, 0.3) is 0 Å². The molecule has 0 saturated heterocycles. The largest absolute Gasteiger partial charge is 0.396 e. The van der Waals surface area contributed by atoms with E-state index in [1.165, 1.54) is 28.2 Å². The number of aliphatic hydroxyl groups excluding tert-OH is 2. The molecule has 0 spiro atoms. The fourth-order valence-corrected chi connectivity index (χ4v) is 5.69. The summed E-state index contributed by atoms with van der Waals surface area (Å²) in [5, 5.41) is 18.1. The molecule has 0 amide bonds. The van der Waals surface area contributed by atoms with Crippen LogP contribution in [0, 0.1) is 0 Å². The van der Waals surface area contributed by atoms with E-state index in [1.807, 2.05) is 0 Å². The maximum Gasteiger partial charge on any atom is 0.209 e. The molecular weight excluding hydrogens is 448 g/mol. The van der Waals surface area contributed by atoms with Gasteiger partial charge in [0.05, 0.1) is 18.6 Å². The second kappa shape index (κ2) is 12.7. The summed E-state index contributed by atoms with van der Waals surface area (Å²) in [6, 6.07) is 17.4. The molecule has 1 aliphatic heterocycles. The van der Waals surface area contributed by atoms with Gasteiger partial charge < -0.3 is 15.1 Å². The van der Waals surface area contributed by atoms with Crippen molar-refractivity contribution in [2.75, 3.05) is 61.3 Å². The van der Waals surface area contributed by atoms with E-state index in [0.717, 1.165) is 36.1 Å². The van der Waals surface area contributed by atoms with Gasteiger partial charge in [0.2, 0.25) is 5.69 Å². The summed E-state index contributed by atoms with van der Waals surface area (Å²) in [7, 11) is 2.15. The molecule has 0 atom stereocenters. The van der Waals surface area contributed by atoms with Crippen LogP contribution in [0.3, 0.4) is 0 Å². The molecule has 0 radical (unpaired) electrons. The average molecular weight is 486 g/mol. The summed E-state index contributed by atoms with van der Waals surface area (Å²) >= 11 is 3.57. The molecule has 4 nitrogen and oxygen atoms in total. The Labute approximate surface area is 207 Å². The molecular formula is C27H37N2O2S2+. The van der Waals surface area contributed by atoms with Crippen LogP contribution >= 0.6 is 23.5 Å². The van der Waals surface area contributed by atoms with Crippen LogP contribution in [0.2, 0.25) is 0 Å². The number of aliphatic hydroxyl groups is 2. The minimum absolute atomic E-state index is 0.0168. The minimum atomic E-state index is -0.0168. The van der Waals surface area contributed by atoms with Crippen molar-refractivity contribution in [3.05, 3.63) is 65.7 Å². The minimum Gasteiger partial charge on any atom is -0.396 e. The van der Waals surface area contributed by atoms with Gasteiger partial charge in [-0.2, -0.15) is 28.1 Å². The number of anilines is 1. The Morgan fingerprint density at radius 1 is 0.848 bits per heavy atom. The van der Waals surface area contributed by atoms with Crippen LogP contribution in [0.15, 0.2) is 54.6 Å². The van der Waals surface area contributed by atoms with Crippen LogP contribution in [-0.2, 0) is 5.41 Å². The van der Waals surface area contributed by atoms with Crippen molar-refractivity contribution in [1.82, 2.24) is 0 Å². The summed E-state index contributed by atoms with van der Waals surface area (Å²) in [5.74, 6) is 3.55. The predicted octanol–water partition coefficient (Wildman–Crippen LogP) is 4.66. The molecule has 0 bridgehead atoms. The van der Waals surface area contributed by atoms with Crippen molar-refractivity contribution in [2.45, 2.75) is 19.3 Å². The number of fused-ring (bicyclic) bond motifs is 1. The van der Waals surface area contributed by atoms with E-state index in [9.17, 15) is 0 Å². The number of hydrogen-bond donors (Lipinski definition) is 2. The van der Waals surface area contributed by atoms with Crippen molar-refractivity contribution < 1.29 is 14.8 Å². The van der Waals surface area contributed by atoms with E-state index in [-0.39, 0.29) is 18.6 Å². The molecule has 0 aliphatic carbocycles. The lowest BCUT2D eigenvalue weighted by atomic mass is 9.81. The molecule has 1 heterocycles. The standard InChI is InChI=1S/C27H37N2O2S2/c1-27(2)24-6-4-5-7-25(24)28(3)26(27)13-10-22-8-11-23(12-9-22)29(14-18-32-20-16-30)15-19-33-21-17-31/h4-13,30-31H,14-21H2,1-3H3/q+1. The van der Waals surface area contributed by atoms with Gasteiger partial charge in [0.15, 0.2) is 5.71 Å². The Balaban J connectivity index is 1.69. The molecule has 0 saturated carbocycles. The molecule has 2 N–H and O–H groups in total. The highest BCUT2D eigenvalue weighted by molar-refractivity contribution is 7.99. The summed E-state index contributed by atoms with van der Waals surface area (Å²) in [6.45, 7) is 6.95. The Bertz CT molecular complexity index is 943. The van der Waals surface area contributed by atoms with Gasteiger partial charge >= 0.3 is 0 Å². The highest BCUT2D eigenvalue weighted by Gasteiger charge is 2.42. The highest BCUT2D eigenvalue weighted by Crippen LogP contribution is 2.39. The second-order valence-corrected chi connectivity index (χ2v) is 11.1. The molecule has 178 valence electrons. The smallest absolute Gasteiger partial charge is 0.209 e. The maximum absolute atomic E-state index is 9.04. The molecule has 2 aromatic carbocycles. The second-order valence-electron chi connectivity index (χ2n) is 8.67. The number of rotatable bonds is 13. The Morgan fingerprint density at radius 2 is 1.45 bits per heavy atom. The average Bonchev–Trinajstić information content (AvgIpc) is 3.02. The van der Waals surface area contributed by atoms with Crippen molar-refractivity contribution in [3.8, 4) is 0 Å². The first-order chi connectivity index (χ1) is 16.0. The summed E-state index contributed by atoms with van der Waals surface area (Å²) in [5.41, 5.74) is 6.35. The number of nitrogens with zero attached hydrogens (tertiary/aromatic N) is 2. The molecule has 0 unspecified atom stereocenters. The Kier molecular flexibility index (Phi) is 9.93. The first-order valence-electron chi connectivity index (χ1n) is 11.6. The van der Waals surface area contributed by atoms with Crippen molar-refractivity contribution in [3.63, 3.8) is 0 Å². The van der Waals surface area contributed by atoms with Crippen LogP contribution in [0.25, 0.3) is 6.08 Å². The maximum atomic E-state index is 9.04. The summed E-state index contributed by atoms with van der Waals surface area (Å²) in [6.07, 6.45) is 4.46. The summed E-state index contributed by atoms with van der Waals surface area (Å²) in [4.78, 5) is 2.40. The zero-order chi connectivity index (χ0) is 23.7. The van der Waals surface area contributed by atoms with E-state index in [1.54, 1.807) is 23.5 Å². The lowest BCUT2D eigenvalue weighted by Crippen LogP contribution is -2.28. The van der Waals surface area contributed by atoms with Gasteiger partial charge in [-0.15, -0.1) is 0 Å². The predicted molar refractivity (Wildman–Crippen MR) is 147 cm³/mol. The first-order valence-corrected chi connectivity index (χ1v) is 13.9. The fourth-order valence-electron chi connectivity index (χ4n) is 4.33. The zero-order valence-electron chi connectivity index (χ0n) is 20.0. The number of benzene rings is 2. The van der Waals surface area contributed by atoms with Gasteiger partial charge in [-0.25, -0.2) is 0 Å². The third-order valence-electron chi connectivity index (χ3n) is 6.11. The highest BCUT2D eigenvalue weighted by atomic mass is 32.2. The topological polar surface area (TPSA) is 46.7 Å². The van der Waals surface area contributed by atoms with E-state index in [4.69, 9.17) is 10.2 Å². The molecule has 1 aliphatic rings. The molecule has 6 heteroatoms. The van der Waals surface area contributed by atoms with E-state index >= 15 is 0 Å². The normalized spacial score (nSPS) is 14.8. The molecule has 2 aromatic rings. The quantitative estimate of drug-likeness (QED) is 0.319. The van der Waals surface area contributed by atoms with Gasteiger partial charge in [0.1, 0.15) is 7.05 Å². The first kappa shape index (κ1) is 25.9. The number of hydrogen-bond acceptors (Lipinski definition) is 5. The SMILES string of the molecule is C[N+]1=C(/C=C/c2ccc(N(CCSCCO)CCSCCO)cc2)C(C)(C)c2ccccc21. The van der Waals surface area contributed by atoms with E-state index in [0.29, 0.717) is 0 Å². The van der Waals surface area contributed by atoms with Crippen LogP contribution in [0.1, 0.15) is 25.0 Å². The van der Waals surface area contributed by atoms with Crippen molar-refractivity contribution in [2.24, 2.45) is 0 Å². The Morgan fingerprint density at radius 3 is 2.03 bits per heavy atom. The van der Waals surface area contributed by atoms with Gasteiger partial charge in [-0.05, 0) is 37.6 Å². The zero-order valence-corrected chi connectivity index (χ0v) is 21.7. The molecule has 33 heavy (non-hydrogen) atoms. The van der Waals surface area contributed by atoms with Crippen LogP contribution in [0.5, 0.6) is 0 Å². The Hall–Kier alpha value is -1.73. The number of thioether (sulfide) groups is 2. The summed E-state index contributed by atoms with van der Waals surface area (Å²) < 4.78 is 2.30. The van der Waals surface area contributed by atoms with Crippen LogP contribution in [-0.4, -0.2) is 76.9 Å².